The van der Waals surface area contributed by atoms with Crippen molar-refractivity contribution in [3.8, 4) is 5.88 Å². The van der Waals surface area contributed by atoms with Crippen LogP contribution in [-0.2, 0) is 0 Å². The van der Waals surface area contributed by atoms with Crippen molar-refractivity contribution in [1.82, 2.24) is 9.78 Å². The largest absolute Gasteiger partial charge is 0.481 e. The number of methoxy groups -OCH3 is 1. The number of ether oxygens (including phenoxy) is 1. The highest BCUT2D eigenvalue weighted by Crippen LogP contribution is 2.13. The van der Waals surface area contributed by atoms with Gasteiger partial charge in [-0.25, -0.2) is 4.68 Å². The van der Waals surface area contributed by atoms with Crippen molar-refractivity contribution >= 4 is 0 Å². The molecule has 0 N–H and O–H groups in total. The number of hydrogen-bond donors (Lipinski definition) is 0. The molecule has 0 radical (unpaired) electrons. The van der Waals surface area contributed by atoms with E-state index in [1.165, 1.54) is 0 Å². The first-order valence-corrected chi connectivity index (χ1v) is 3.33. The van der Waals surface area contributed by atoms with E-state index >= 15 is 0 Å². The zero-order chi connectivity index (χ0) is 7.56. The average molecular weight is 140 g/mol. The molecule has 0 aliphatic rings. The minimum atomic E-state index is 0.366. The first-order chi connectivity index (χ1) is 4.75. The van der Waals surface area contributed by atoms with E-state index < -0.39 is 0 Å². The maximum absolute atomic E-state index is 5.05. The van der Waals surface area contributed by atoms with E-state index in [-0.39, 0.29) is 0 Å². The standard InChI is InChI=1S/C7H12N2O/c1-6(2)9-7(10-3)4-5-8-9/h4-6H,1-3H3. The Morgan fingerprint density at radius 3 is 2.70 bits per heavy atom. The van der Waals surface area contributed by atoms with Crippen LogP contribution >= 0.6 is 0 Å². The molecule has 1 aromatic heterocycles. The predicted octanol–water partition coefficient (Wildman–Crippen LogP) is 1.47. The van der Waals surface area contributed by atoms with Gasteiger partial charge in [0.05, 0.1) is 19.3 Å². The summed E-state index contributed by atoms with van der Waals surface area (Å²) in [5.74, 6) is 0.815. The molecule has 0 spiro atoms. The van der Waals surface area contributed by atoms with E-state index in [1.54, 1.807) is 13.3 Å². The van der Waals surface area contributed by atoms with Crippen LogP contribution in [0.2, 0.25) is 0 Å². The van der Waals surface area contributed by atoms with Gasteiger partial charge in [-0.2, -0.15) is 5.10 Å². The van der Waals surface area contributed by atoms with Gasteiger partial charge >= 0.3 is 0 Å². The average Bonchev–Trinajstić information content (AvgIpc) is 2.33. The van der Waals surface area contributed by atoms with Crippen molar-refractivity contribution in [3.63, 3.8) is 0 Å². The molecule has 56 valence electrons. The van der Waals surface area contributed by atoms with E-state index in [4.69, 9.17) is 4.74 Å². The van der Waals surface area contributed by atoms with Crippen LogP contribution in [0.4, 0.5) is 0 Å². The fourth-order valence-electron chi connectivity index (χ4n) is 0.852. The van der Waals surface area contributed by atoms with Crippen LogP contribution in [0.3, 0.4) is 0 Å². The molecule has 1 heterocycles. The fraction of sp³-hybridized carbons (Fsp3) is 0.571. The number of nitrogens with zero attached hydrogens (tertiary/aromatic N) is 2. The van der Waals surface area contributed by atoms with E-state index in [2.05, 4.69) is 18.9 Å². The molecular weight excluding hydrogens is 128 g/mol. The lowest BCUT2D eigenvalue weighted by Gasteiger charge is -2.08. The highest BCUT2D eigenvalue weighted by Gasteiger charge is 2.03. The monoisotopic (exact) mass is 140 g/mol. The molecule has 0 atom stereocenters. The Labute approximate surface area is 60.6 Å². The maximum Gasteiger partial charge on any atom is 0.211 e. The first kappa shape index (κ1) is 7.12. The molecule has 0 amide bonds. The van der Waals surface area contributed by atoms with Gasteiger partial charge in [0.15, 0.2) is 0 Å². The minimum absolute atomic E-state index is 0.366. The van der Waals surface area contributed by atoms with Crippen LogP contribution in [0.15, 0.2) is 12.3 Å². The Kier molecular flexibility index (Phi) is 1.94. The zero-order valence-corrected chi connectivity index (χ0v) is 6.53. The van der Waals surface area contributed by atoms with Gasteiger partial charge in [0, 0.05) is 6.07 Å². The number of hydrogen-bond acceptors (Lipinski definition) is 2. The van der Waals surface area contributed by atoms with Crippen molar-refractivity contribution in [1.29, 1.82) is 0 Å². The van der Waals surface area contributed by atoms with Crippen LogP contribution < -0.4 is 4.74 Å². The second kappa shape index (κ2) is 2.73. The van der Waals surface area contributed by atoms with Crippen molar-refractivity contribution < 1.29 is 4.74 Å². The summed E-state index contributed by atoms with van der Waals surface area (Å²) in [6.45, 7) is 4.13. The van der Waals surface area contributed by atoms with Crippen LogP contribution in [0, 0.1) is 0 Å². The van der Waals surface area contributed by atoms with Crippen molar-refractivity contribution in [3.05, 3.63) is 12.3 Å². The van der Waals surface area contributed by atoms with Crippen molar-refractivity contribution in [2.24, 2.45) is 0 Å². The molecule has 0 fully saturated rings. The number of aromatic nitrogens is 2. The molecule has 1 rings (SSSR count). The summed E-state index contributed by atoms with van der Waals surface area (Å²) >= 11 is 0. The molecule has 0 bridgehead atoms. The highest BCUT2D eigenvalue weighted by molar-refractivity contribution is 5.07. The first-order valence-electron chi connectivity index (χ1n) is 3.33. The van der Waals surface area contributed by atoms with Crippen molar-refractivity contribution in [2.45, 2.75) is 19.9 Å². The Balaban J connectivity index is 2.90. The molecule has 0 aliphatic heterocycles. The molecule has 0 unspecified atom stereocenters. The lowest BCUT2D eigenvalue weighted by Crippen LogP contribution is -2.04. The van der Waals surface area contributed by atoms with E-state index in [9.17, 15) is 0 Å². The van der Waals surface area contributed by atoms with Gasteiger partial charge in [-0.3, -0.25) is 0 Å². The molecule has 3 heteroatoms. The Hall–Kier alpha value is -0.990. The summed E-state index contributed by atoms with van der Waals surface area (Å²) in [5, 5.41) is 4.08. The predicted molar refractivity (Wildman–Crippen MR) is 39.2 cm³/mol. The lowest BCUT2D eigenvalue weighted by atomic mass is 10.4. The zero-order valence-electron chi connectivity index (χ0n) is 6.53. The summed E-state index contributed by atoms with van der Waals surface area (Å²) in [6, 6.07) is 2.21. The van der Waals surface area contributed by atoms with Crippen LogP contribution in [0.25, 0.3) is 0 Å². The molecule has 10 heavy (non-hydrogen) atoms. The SMILES string of the molecule is COc1ccnn1C(C)C. The van der Waals surface area contributed by atoms with Gasteiger partial charge in [-0.1, -0.05) is 0 Å². The van der Waals surface area contributed by atoms with Gasteiger partial charge in [0.1, 0.15) is 0 Å². The molecular formula is C7H12N2O. The Bertz CT molecular complexity index is 205. The smallest absolute Gasteiger partial charge is 0.211 e. The van der Waals surface area contributed by atoms with E-state index in [0.717, 1.165) is 5.88 Å². The van der Waals surface area contributed by atoms with Crippen molar-refractivity contribution in [2.75, 3.05) is 7.11 Å². The summed E-state index contributed by atoms with van der Waals surface area (Å²) in [4.78, 5) is 0. The summed E-state index contributed by atoms with van der Waals surface area (Å²) < 4.78 is 6.88. The van der Waals surface area contributed by atoms with E-state index in [0.29, 0.717) is 6.04 Å². The van der Waals surface area contributed by atoms with Crippen LogP contribution in [0.1, 0.15) is 19.9 Å². The second-order valence-electron chi connectivity index (χ2n) is 2.41. The quantitative estimate of drug-likeness (QED) is 0.622. The van der Waals surface area contributed by atoms with Gasteiger partial charge in [0.25, 0.3) is 0 Å². The molecule has 0 saturated heterocycles. The summed E-state index contributed by atoms with van der Waals surface area (Å²) in [5.41, 5.74) is 0. The third kappa shape index (κ3) is 1.12. The summed E-state index contributed by atoms with van der Waals surface area (Å²) in [7, 11) is 1.65. The summed E-state index contributed by atoms with van der Waals surface area (Å²) in [6.07, 6.45) is 1.73. The Morgan fingerprint density at radius 2 is 2.30 bits per heavy atom. The molecule has 0 aromatic carbocycles. The molecule has 3 nitrogen and oxygen atoms in total. The third-order valence-corrected chi connectivity index (χ3v) is 1.33. The lowest BCUT2D eigenvalue weighted by molar-refractivity contribution is 0.345. The normalized spacial score (nSPS) is 10.4. The van der Waals surface area contributed by atoms with E-state index in [1.807, 2.05) is 10.7 Å². The number of rotatable bonds is 2. The van der Waals surface area contributed by atoms with Gasteiger partial charge < -0.3 is 4.74 Å². The fourth-order valence-corrected chi connectivity index (χ4v) is 0.852. The molecule has 1 aromatic rings. The second-order valence-corrected chi connectivity index (χ2v) is 2.41. The Morgan fingerprint density at radius 1 is 1.60 bits per heavy atom. The third-order valence-electron chi connectivity index (χ3n) is 1.33. The topological polar surface area (TPSA) is 27.1 Å². The highest BCUT2D eigenvalue weighted by atomic mass is 16.5. The van der Waals surface area contributed by atoms with Gasteiger partial charge in [-0.05, 0) is 13.8 Å². The maximum atomic E-state index is 5.05. The van der Waals surface area contributed by atoms with Crippen LogP contribution in [0.5, 0.6) is 5.88 Å². The van der Waals surface area contributed by atoms with Crippen LogP contribution in [-0.4, -0.2) is 16.9 Å². The van der Waals surface area contributed by atoms with Gasteiger partial charge in [-0.15, -0.1) is 0 Å². The molecule has 0 saturated carbocycles. The molecule has 0 aliphatic carbocycles. The minimum Gasteiger partial charge on any atom is -0.481 e. The van der Waals surface area contributed by atoms with Gasteiger partial charge in [0.2, 0.25) is 5.88 Å².